The molecule has 0 aromatic carbocycles. The topological polar surface area (TPSA) is 91.0 Å². The molecule has 1 aliphatic rings. The second kappa shape index (κ2) is 5.80. The SMILES string of the molecule is CCNC(=O)[C@@H]1CCCN(c2nc3nc[nH]c(=O)c3s2)C1. The number of carbonyl (C=O) groups is 1. The van der Waals surface area contributed by atoms with Crippen molar-refractivity contribution in [3.8, 4) is 0 Å². The van der Waals surface area contributed by atoms with Crippen LogP contribution in [-0.2, 0) is 4.79 Å². The van der Waals surface area contributed by atoms with Gasteiger partial charge in [0.2, 0.25) is 5.91 Å². The zero-order valence-electron chi connectivity index (χ0n) is 11.8. The fraction of sp³-hybridized carbons (Fsp3) is 0.538. The highest BCUT2D eigenvalue weighted by atomic mass is 32.1. The van der Waals surface area contributed by atoms with E-state index in [1.54, 1.807) is 0 Å². The molecule has 0 radical (unpaired) electrons. The van der Waals surface area contributed by atoms with Crippen LogP contribution < -0.4 is 15.8 Å². The number of amides is 1. The Hall–Kier alpha value is -1.96. The molecular weight excluding hydrogens is 290 g/mol. The number of rotatable bonds is 3. The number of aromatic amines is 1. The second-order valence-corrected chi connectivity index (χ2v) is 6.04. The van der Waals surface area contributed by atoms with Crippen LogP contribution in [0.15, 0.2) is 11.1 Å². The lowest BCUT2D eigenvalue weighted by molar-refractivity contribution is -0.125. The third kappa shape index (κ3) is 2.76. The molecule has 0 aliphatic carbocycles. The Bertz CT molecular complexity index is 710. The Labute approximate surface area is 125 Å². The summed E-state index contributed by atoms with van der Waals surface area (Å²) < 4.78 is 0.535. The fourth-order valence-electron chi connectivity index (χ4n) is 2.57. The minimum absolute atomic E-state index is 0.0167. The minimum atomic E-state index is -0.166. The average Bonchev–Trinajstić information content (AvgIpc) is 2.93. The Balaban J connectivity index is 1.83. The van der Waals surface area contributed by atoms with E-state index in [1.165, 1.54) is 17.7 Å². The van der Waals surface area contributed by atoms with Gasteiger partial charge in [0.05, 0.1) is 12.2 Å². The number of piperidine rings is 1. The van der Waals surface area contributed by atoms with Gasteiger partial charge >= 0.3 is 0 Å². The maximum absolute atomic E-state index is 12.0. The summed E-state index contributed by atoms with van der Waals surface area (Å²) in [5.74, 6) is 0.0799. The molecule has 7 nitrogen and oxygen atoms in total. The van der Waals surface area contributed by atoms with Gasteiger partial charge in [-0.05, 0) is 19.8 Å². The minimum Gasteiger partial charge on any atom is -0.356 e. The van der Waals surface area contributed by atoms with Gasteiger partial charge in [-0.15, -0.1) is 0 Å². The molecule has 8 heteroatoms. The summed E-state index contributed by atoms with van der Waals surface area (Å²) in [5.41, 5.74) is 0.305. The zero-order chi connectivity index (χ0) is 14.8. The maximum atomic E-state index is 12.0. The van der Waals surface area contributed by atoms with E-state index in [0.717, 1.165) is 24.5 Å². The third-order valence-corrected chi connectivity index (χ3v) is 4.70. The molecule has 1 saturated heterocycles. The van der Waals surface area contributed by atoms with Crippen LogP contribution in [-0.4, -0.2) is 40.5 Å². The number of carbonyl (C=O) groups excluding carboxylic acids is 1. The van der Waals surface area contributed by atoms with Gasteiger partial charge in [0, 0.05) is 19.6 Å². The first-order valence-corrected chi connectivity index (χ1v) is 7.87. The number of aromatic nitrogens is 3. The van der Waals surface area contributed by atoms with Crippen molar-refractivity contribution in [3.63, 3.8) is 0 Å². The van der Waals surface area contributed by atoms with Crippen LogP contribution in [0.2, 0.25) is 0 Å². The first kappa shape index (κ1) is 14.0. The number of nitrogens with zero attached hydrogens (tertiary/aromatic N) is 3. The number of hydrogen-bond acceptors (Lipinski definition) is 6. The number of H-pyrrole nitrogens is 1. The number of fused-ring (bicyclic) bond motifs is 1. The van der Waals surface area contributed by atoms with Crippen molar-refractivity contribution < 1.29 is 4.79 Å². The van der Waals surface area contributed by atoms with Crippen molar-refractivity contribution in [2.24, 2.45) is 5.92 Å². The van der Waals surface area contributed by atoms with E-state index in [4.69, 9.17) is 0 Å². The van der Waals surface area contributed by atoms with Crippen LogP contribution in [0, 0.1) is 5.92 Å². The highest BCUT2D eigenvalue weighted by Crippen LogP contribution is 2.29. The van der Waals surface area contributed by atoms with Crippen molar-refractivity contribution in [3.05, 3.63) is 16.7 Å². The molecule has 2 aromatic heterocycles. The zero-order valence-corrected chi connectivity index (χ0v) is 12.6. The van der Waals surface area contributed by atoms with Crippen LogP contribution in [0.5, 0.6) is 0 Å². The van der Waals surface area contributed by atoms with Gasteiger partial charge in [0.25, 0.3) is 5.56 Å². The summed E-state index contributed by atoms with van der Waals surface area (Å²) in [4.78, 5) is 36.8. The van der Waals surface area contributed by atoms with E-state index in [1.807, 2.05) is 6.92 Å². The molecule has 0 unspecified atom stereocenters. The van der Waals surface area contributed by atoms with Gasteiger partial charge in [-0.1, -0.05) is 11.3 Å². The highest BCUT2D eigenvalue weighted by Gasteiger charge is 2.27. The fourth-order valence-corrected chi connectivity index (χ4v) is 3.52. The number of anilines is 1. The first-order chi connectivity index (χ1) is 10.2. The molecule has 1 fully saturated rings. The van der Waals surface area contributed by atoms with Crippen molar-refractivity contribution in [2.75, 3.05) is 24.5 Å². The van der Waals surface area contributed by atoms with Crippen LogP contribution in [0.3, 0.4) is 0 Å². The summed E-state index contributed by atoms with van der Waals surface area (Å²) in [6.07, 6.45) is 3.20. The van der Waals surface area contributed by atoms with E-state index in [0.29, 0.717) is 23.4 Å². The van der Waals surface area contributed by atoms with Gasteiger partial charge < -0.3 is 15.2 Å². The van der Waals surface area contributed by atoms with Crippen molar-refractivity contribution in [1.82, 2.24) is 20.3 Å². The largest absolute Gasteiger partial charge is 0.356 e. The molecule has 1 amide bonds. The Morgan fingerprint density at radius 2 is 2.48 bits per heavy atom. The number of nitrogens with one attached hydrogen (secondary N) is 2. The van der Waals surface area contributed by atoms with Gasteiger partial charge in [-0.2, -0.15) is 4.98 Å². The summed E-state index contributed by atoms with van der Waals surface area (Å²) in [5, 5.41) is 3.64. The highest BCUT2D eigenvalue weighted by molar-refractivity contribution is 7.22. The van der Waals surface area contributed by atoms with Gasteiger partial charge in [0.1, 0.15) is 4.70 Å². The van der Waals surface area contributed by atoms with Crippen molar-refractivity contribution in [2.45, 2.75) is 19.8 Å². The maximum Gasteiger partial charge on any atom is 0.270 e. The van der Waals surface area contributed by atoms with E-state index in [-0.39, 0.29) is 17.4 Å². The molecule has 112 valence electrons. The quantitative estimate of drug-likeness (QED) is 0.872. The molecule has 21 heavy (non-hydrogen) atoms. The molecule has 0 spiro atoms. The predicted octanol–water partition coefficient (Wildman–Crippen LogP) is 0.732. The van der Waals surface area contributed by atoms with Gasteiger partial charge in [0.15, 0.2) is 10.8 Å². The Morgan fingerprint density at radius 1 is 1.62 bits per heavy atom. The molecule has 0 saturated carbocycles. The monoisotopic (exact) mass is 307 g/mol. The average molecular weight is 307 g/mol. The normalized spacial score (nSPS) is 18.9. The van der Waals surface area contributed by atoms with Crippen LogP contribution in [0.25, 0.3) is 10.3 Å². The van der Waals surface area contributed by atoms with E-state index >= 15 is 0 Å². The number of hydrogen-bond donors (Lipinski definition) is 2. The third-order valence-electron chi connectivity index (χ3n) is 3.60. The Morgan fingerprint density at radius 3 is 3.24 bits per heavy atom. The summed E-state index contributed by atoms with van der Waals surface area (Å²) >= 11 is 1.33. The second-order valence-electron chi connectivity index (χ2n) is 5.06. The Kier molecular flexibility index (Phi) is 3.87. The molecule has 1 atom stereocenters. The molecule has 2 N–H and O–H groups in total. The lowest BCUT2D eigenvalue weighted by atomic mass is 9.97. The summed E-state index contributed by atoms with van der Waals surface area (Å²) in [6.45, 7) is 4.07. The molecule has 1 aliphatic heterocycles. The summed E-state index contributed by atoms with van der Waals surface area (Å²) in [7, 11) is 0. The van der Waals surface area contributed by atoms with Crippen molar-refractivity contribution >= 4 is 32.7 Å². The molecule has 3 rings (SSSR count). The van der Waals surface area contributed by atoms with Crippen molar-refractivity contribution in [1.29, 1.82) is 0 Å². The van der Waals surface area contributed by atoms with E-state index in [2.05, 4.69) is 25.2 Å². The number of thiazole rings is 1. The lowest BCUT2D eigenvalue weighted by Crippen LogP contribution is -2.43. The van der Waals surface area contributed by atoms with Crippen LogP contribution >= 0.6 is 11.3 Å². The molecular formula is C13H17N5O2S. The molecule has 0 bridgehead atoms. The van der Waals surface area contributed by atoms with E-state index < -0.39 is 0 Å². The van der Waals surface area contributed by atoms with Crippen LogP contribution in [0.4, 0.5) is 5.13 Å². The smallest absolute Gasteiger partial charge is 0.270 e. The van der Waals surface area contributed by atoms with Crippen LogP contribution in [0.1, 0.15) is 19.8 Å². The first-order valence-electron chi connectivity index (χ1n) is 7.06. The van der Waals surface area contributed by atoms with Gasteiger partial charge in [-0.3, -0.25) is 9.59 Å². The molecule has 3 heterocycles. The standard InChI is InChI=1S/C13H17N5O2S/c1-2-14-11(19)8-4-3-5-18(6-8)13-17-10-9(21-13)12(20)16-7-15-10/h7-8H,2-6H2,1H3,(H,14,19)(H,15,16,20)/t8-/m1/s1. The predicted molar refractivity (Wildman–Crippen MR) is 81.7 cm³/mol. The van der Waals surface area contributed by atoms with E-state index in [9.17, 15) is 9.59 Å². The van der Waals surface area contributed by atoms with Gasteiger partial charge in [-0.25, -0.2) is 4.98 Å². The summed E-state index contributed by atoms with van der Waals surface area (Å²) in [6, 6.07) is 0. The molecule has 2 aromatic rings. The lowest BCUT2D eigenvalue weighted by Gasteiger charge is -2.31.